The number of rotatable bonds is 16. The summed E-state index contributed by atoms with van der Waals surface area (Å²) in [7, 11) is 5.45. The lowest BCUT2D eigenvalue weighted by Crippen LogP contribution is -2.41. The molecule has 0 spiro atoms. The lowest BCUT2D eigenvalue weighted by atomic mass is 10.2. The van der Waals surface area contributed by atoms with E-state index in [0.29, 0.717) is 9.13 Å². The number of hydrogen-bond donors (Lipinski definition) is 4. The highest BCUT2D eigenvalue weighted by atomic mass is 35.5. The zero-order valence-corrected chi connectivity index (χ0v) is 62.0. The number of H-pyrrole nitrogens is 1. The maximum atomic E-state index is 14.7. The molecule has 0 saturated carbocycles. The Morgan fingerprint density at radius 2 is 0.793 bits per heavy atom. The number of ether oxygens (including phenoxy) is 3. The van der Waals surface area contributed by atoms with Crippen molar-refractivity contribution < 1.29 is 74.4 Å². The van der Waals surface area contributed by atoms with Crippen LogP contribution in [0.15, 0.2) is 231 Å². The van der Waals surface area contributed by atoms with Gasteiger partial charge in [-0.05, 0) is 159 Å². The van der Waals surface area contributed by atoms with Gasteiger partial charge < -0.3 is 53.6 Å². The minimum absolute atomic E-state index is 0.0323. The number of benzene rings is 6. The highest BCUT2D eigenvalue weighted by Gasteiger charge is 2.24. The number of amides is 2. The Hall–Kier alpha value is -15.2. The molecule has 0 saturated heterocycles. The number of carbonyl (C=O) groups excluding carboxylic acids is 5. The first-order valence-electron chi connectivity index (χ1n) is 32.8. The molecule has 6 aromatic carbocycles. The molecule has 0 unspecified atom stereocenters. The van der Waals surface area contributed by atoms with Crippen molar-refractivity contribution in [2.75, 3.05) is 18.5 Å². The molecule has 0 fully saturated rings. The van der Waals surface area contributed by atoms with Gasteiger partial charge >= 0.3 is 46.4 Å². The number of anilines is 1. The van der Waals surface area contributed by atoms with Crippen molar-refractivity contribution in [2.45, 2.75) is 13.8 Å². The highest BCUT2D eigenvalue weighted by molar-refractivity contribution is 6.67. The quantitative estimate of drug-likeness (QED) is 0.0480. The van der Waals surface area contributed by atoms with Crippen LogP contribution in [0, 0.1) is 34.9 Å². The Morgan fingerprint density at radius 3 is 1.16 bits per heavy atom. The molecular weight excluding hydrogens is 1590 g/mol. The molecule has 0 bridgehead atoms. The zero-order chi connectivity index (χ0) is 85.4. The third-order valence-electron chi connectivity index (χ3n) is 15.6. The van der Waals surface area contributed by atoms with Crippen LogP contribution in [-0.2, 0) is 37.7 Å². The number of esters is 2. The summed E-state index contributed by atoms with van der Waals surface area (Å²) in [6.45, 7) is 3.42. The summed E-state index contributed by atoms with van der Waals surface area (Å²) in [6.07, 6.45) is 6.40. The molecule has 598 valence electrons. The number of aryl methyl sites for hydroxylation is 4. The second-order valence-corrected chi connectivity index (χ2v) is 24.1. The first-order valence-corrected chi connectivity index (χ1v) is 33.6. The molecule has 0 aliphatic rings. The first kappa shape index (κ1) is 86.4. The van der Waals surface area contributed by atoms with Crippen molar-refractivity contribution in [3.8, 4) is 39.9 Å². The molecule has 12 rings (SSSR count). The third-order valence-corrected chi connectivity index (χ3v) is 16.1. The largest absolute Gasteiger partial charge is 0.477 e. The number of carbonyl (C=O) groups is 6. The number of aromatic carboxylic acids is 1. The summed E-state index contributed by atoms with van der Waals surface area (Å²) < 4.78 is 102. The van der Waals surface area contributed by atoms with Gasteiger partial charge in [0.1, 0.15) is 73.4 Å². The number of aromatic nitrogens is 11. The number of carboxylic acids is 1. The number of halogens is 8. The Balaban J connectivity index is 0.000000187. The lowest BCUT2D eigenvalue weighted by Gasteiger charge is -2.12. The maximum Gasteiger partial charge on any atom is 0.345 e. The van der Waals surface area contributed by atoms with Crippen LogP contribution in [0.3, 0.4) is 0 Å². The van der Waals surface area contributed by atoms with Crippen LogP contribution >= 0.6 is 23.2 Å². The van der Waals surface area contributed by atoms with Crippen molar-refractivity contribution in [2.24, 2.45) is 33.9 Å². The Morgan fingerprint density at radius 1 is 0.457 bits per heavy atom. The van der Waals surface area contributed by atoms with Gasteiger partial charge in [-0.1, -0.05) is 11.6 Å². The minimum atomic E-state index is -1.43. The van der Waals surface area contributed by atoms with E-state index in [1.165, 1.54) is 113 Å². The van der Waals surface area contributed by atoms with Gasteiger partial charge in [-0.2, -0.15) is 0 Å². The molecule has 2 amide bonds. The predicted octanol–water partition coefficient (Wildman–Crippen LogP) is 6.13. The monoisotopic (exact) mass is 1640 g/mol. The standard InChI is InChI=1S/C24H16ClF2N5O5.C14H13FN2O4.C13H11FN2O4.C12H8ClFN2O3.C12H9FN2O4/c1-31-11-15(23(35)32(24(31)36)14-5-2-12(26)3-6-14)22(34)30-13-4-7-17(16(27)10-13)37-18-8-9-29-20(19(18)25)21(28)33;1-3-21-13(19)11-8-16(2)14(20)17(12(11)18)10-6-4-9(15)5-7-10;1-2-20-12(18)10-7-15-13(19)16(11(10)17)9-5-3-8(14)4-6-9;1-15-6-9(10(13)17)11(18)16(12(15)19)8-4-2-7(14)3-5-8;1-14-6-9(11(17)18)10(16)15(12(14)19)8-4-2-7(13)3-5-8/h2-11H,1H3,(H2,28,33)(H,30,34);4-8H,3H2,1-2H3;3-7H,2H2,1H3,(H,15,19);2-6H,1H3;2-6H,1H3,(H,17,18). The maximum absolute atomic E-state index is 14.7. The van der Waals surface area contributed by atoms with E-state index in [0.717, 1.165) is 130 Å². The van der Waals surface area contributed by atoms with Crippen LogP contribution in [0.2, 0.25) is 5.02 Å². The van der Waals surface area contributed by atoms with E-state index in [4.69, 9.17) is 48.3 Å². The molecular formula is C75H57Cl2F6N13O20. The molecule has 12 aromatic rings. The number of nitrogens with zero attached hydrogens (tertiary/aromatic N) is 10. The molecule has 0 atom stereocenters. The van der Waals surface area contributed by atoms with Crippen molar-refractivity contribution in [3.05, 3.63) is 360 Å². The van der Waals surface area contributed by atoms with E-state index < -0.39 is 137 Å². The molecule has 41 heteroatoms. The predicted molar refractivity (Wildman–Crippen MR) is 403 cm³/mol. The molecule has 0 aliphatic carbocycles. The van der Waals surface area contributed by atoms with Crippen molar-refractivity contribution in [3.63, 3.8) is 0 Å². The van der Waals surface area contributed by atoms with E-state index in [1.807, 2.05) is 0 Å². The normalized spacial score (nSPS) is 10.5. The van der Waals surface area contributed by atoms with Crippen molar-refractivity contribution in [1.82, 2.24) is 51.1 Å². The molecule has 0 aliphatic heterocycles. The van der Waals surface area contributed by atoms with Crippen LogP contribution < -0.4 is 72.0 Å². The number of aromatic amines is 1. The van der Waals surface area contributed by atoms with Crippen molar-refractivity contribution >= 4 is 63.9 Å². The second-order valence-electron chi connectivity index (χ2n) is 23.4. The van der Waals surface area contributed by atoms with Gasteiger partial charge in [0, 0.05) is 83.2 Å². The van der Waals surface area contributed by atoms with Crippen molar-refractivity contribution in [1.29, 1.82) is 0 Å². The van der Waals surface area contributed by atoms with Gasteiger partial charge in [0.25, 0.3) is 44.9 Å². The van der Waals surface area contributed by atoms with Gasteiger partial charge in [-0.25, -0.2) is 92.5 Å². The summed E-state index contributed by atoms with van der Waals surface area (Å²) in [5.74, 6) is -8.76. The van der Waals surface area contributed by atoms with Crippen LogP contribution in [0.5, 0.6) is 11.5 Å². The van der Waals surface area contributed by atoms with Gasteiger partial charge in [0.05, 0.1) is 41.7 Å². The topological polar surface area (TPSA) is 432 Å². The summed E-state index contributed by atoms with van der Waals surface area (Å²) in [4.78, 5) is 197. The average Bonchev–Trinajstić information content (AvgIpc) is 0.792. The third kappa shape index (κ3) is 20.1. The van der Waals surface area contributed by atoms with Crippen LogP contribution in [-0.4, -0.2) is 104 Å². The van der Waals surface area contributed by atoms with Gasteiger partial charge in [0.2, 0.25) is 0 Å². The van der Waals surface area contributed by atoms with Crippen LogP contribution in [0.1, 0.15) is 76.1 Å². The average molecular weight is 1650 g/mol. The highest BCUT2D eigenvalue weighted by Crippen LogP contribution is 2.33. The Bertz CT molecular complexity index is 6370. The van der Waals surface area contributed by atoms with Gasteiger partial charge in [-0.3, -0.25) is 38.4 Å². The Labute approximate surface area is 653 Å². The number of nitrogens with one attached hydrogen (secondary N) is 2. The summed E-state index contributed by atoms with van der Waals surface area (Å²) in [6, 6.07) is 28.2. The van der Waals surface area contributed by atoms with E-state index >= 15 is 0 Å². The van der Waals surface area contributed by atoms with E-state index in [9.17, 15) is 103 Å². The Kier molecular flexibility index (Phi) is 28.1. The number of primary amides is 1. The van der Waals surface area contributed by atoms with Crippen LogP contribution in [0.4, 0.5) is 32.0 Å². The summed E-state index contributed by atoms with van der Waals surface area (Å²) in [5.41, 5.74) is -4.14. The lowest BCUT2D eigenvalue weighted by molar-refractivity contribution is 0.0513. The summed E-state index contributed by atoms with van der Waals surface area (Å²) >= 11 is 11.3. The number of nitrogens with two attached hydrogens (primary N) is 1. The fraction of sp³-hybridized carbons (Fsp3) is 0.107. The van der Waals surface area contributed by atoms with E-state index in [-0.39, 0.29) is 86.2 Å². The minimum Gasteiger partial charge on any atom is -0.477 e. The molecule has 0 radical (unpaired) electrons. The first-order chi connectivity index (χ1) is 54.9. The number of hydrogen-bond acceptors (Lipinski definition) is 20. The van der Waals surface area contributed by atoms with Gasteiger partial charge in [0.15, 0.2) is 11.6 Å². The molecule has 33 nitrogen and oxygen atoms in total. The number of carboxylic acid groups (broad SMARTS) is 1. The summed E-state index contributed by atoms with van der Waals surface area (Å²) in [5, 5.41) is 10.1. The van der Waals surface area contributed by atoms with Crippen LogP contribution in [0.25, 0.3) is 28.4 Å². The molecule has 6 aromatic heterocycles. The second kappa shape index (κ2) is 37.7. The van der Waals surface area contributed by atoms with Gasteiger partial charge in [-0.15, -0.1) is 0 Å². The van der Waals surface area contributed by atoms with E-state index in [2.05, 4.69) is 15.3 Å². The molecule has 6 heterocycles. The molecule has 116 heavy (non-hydrogen) atoms. The molecule has 5 N–H and O–H groups in total. The fourth-order valence-corrected chi connectivity index (χ4v) is 10.4. The van der Waals surface area contributed by atoms with E-state index in [1.54, 1.807) is 13.8 Å². The SMILES string of the molecule is CCOC(=O)c1c[nH]c(=O)n(-c2ccc(F)cc2)c1=O.CCOC(=O)c1cn(C)c(=O)n(-c2ccc(F)cc2)c1=O.Cn1cc(C(=O)Cl)c(=O)n(-c2ccc(F)cc2)c1=O.Cn1cc(C(=O)Nc2ccc(Oc3ccnc(C(N)=O)c3Cl)c(F)c2)c(=O)n(-c2ccc(F)cc2)c1=O.Cn1cc(C(=O)O)c(=O)n(-c2ccc(F)cc2)c1=O. The smallest absolute Gasteiger partial charge is 0.345 e. The fourth-order valence-electron chi connectivity index (χ4n) is 10.0. The zero-order valence-electron chi connectivity index (χ0n) is 60.5. The number of pyridine rings is 1.